The molecule has 0 spiro atoms. The molecule has 1 aliphatic rings. The maximum atomic E-state index is 12.1. The Labute approximate surface area is 98.3 Å². The van der Waals surface area contributed by atoms with Gasteiger partial charge >= 0.3 is 0 Å². The summed E-state index contributed by atoms with van der Waals surface area (Å²) in [6.07, 6.45) is 0.996. The predicted molar refractivity (Wildman–Crippen MR) is 64.3 cm³/mol. The number of hydrogen-bond donors (Lipinski definition) is 1. The molecule has 0 bridgehead atoms. The van der Waals surface area contributed by atoms with Crippen molar-refractivity contribution in [1.82, 2.24) is 10.2 Å². The van der Waals surface area contributed by atoms with Gasteiger partial charge in [0.15, 0.2) is 0 Å². The van der Waals surface area contributed by atoms with Crippen molar-refractivity contribution in [2.75, 3.05) is 33.3 Å². The van der Waals surface area contributed by atoms with Crippen molar-refractivity contribution in [1.29, 1.82) is 0 Å². The zero-order chi connectivity index (χ0) is 12.2. The van der Waals surface area contributed by atoms with Gasteiger partial charge in [-0.1, -0.05) is 20.8 Å². The third-order valence-electron chi connectivity index (χ3n) is 3.29. The van der Waals surface area contributed by atoms with E-state index in [1.807, 2.05) is 27.8 Å². The molecule has 1 rings (SSSR count). The van der Waals surface area contributed by atoms with Crippen molar-refractivity contribution in [2.45, 2.75) is 33.3 Å². The van der Waals surface area contributed by atoms with Crippen molar-refractivity contribution in [3.05, 3.63) is 0 Å². The largest absolute Gasteiger partial charge is 0.374 e. The minimum atomic E-state index is -0.267. The van der Waals surface area contributed by atoms with Gasteiger partial charge in [-0.25, -0.2) is 0 Å². The lowest BCUT2D eigenvalue weighted by Gasteiger charge is -2.32. The van der Waals surface area contributed by atoms with Crippen LogP contribution in [0.5, 0.6) is 0 Å². The summed E-state index contributed by atoms with van der Waals surface area (Å²) in [5.74, 6) is 0.198. The first-order chi connectivity index (χ1) is 7.47. The van der Waals surface area contributed by atoms with E-state index in [1.165, 1.54) is 0 Å². The molecule has 0 aliphatic carbocycles. The van der Waals surface area contributed by atoms with Gasteiger partial charge in [0.25, 0.3) is 0 Å². The highest BCUT2D eigenvalue weighted by Crippen LogP contribution is 2.22. The van der Waals surface area contributed by atoms with Gasteiger partial charge in [-0.15, -0.1) is 0 Å². The first-order valence-corrected chi connectivity index (χ1v) is 6.05. The van der Waals surface area contributed by atoms with Crippen LogP contribution in [0.3, 0.4) is 0 Å². The van der Waals surface area contributed by atoms with E-state index in [0.29, 0.717) is 6.54 Å². The molecular weight excluding hydrogens is 204 g/mol. The quantitative estimate of drug-likeness (QED) is 0.776. The summed E-state index contributed by atoms with van der Waals surface area (Å²) in [6.45, 7) is 9.19. The Balaban J connectivity index is 2.44. The Hall–Kier alpha value is -0.610. The summed E-state index contributed by atoms with van der Waals surface area (Å²) < 4.78 is 5.59. The number of morpholine rings is 1. The van der Waals surface area contributed by atoms with Crippen LogP contribution in [0.2, 0.25) is 0 Å². The first kappa shape index (κ1) is 13.5. The van der Waals surface area contributed by atoms with Crippen molar-refractivity contribution in [3.8, 4) is 0 Å². The molecular formula is C12H24N2O2. The SMILES string of the molecule is CCC(C)(C)C(=O)N(C)CC1CNCCO1. The van der Waals surface area contributed by atoms with E-state index in [0.717, 1.165) is 26.1 Å². The third-order valence-corrected chi connectivity index (χ3v) is 3.29. The zero-order valence-corrected chi connectivity index (χ0v) is 10.9. The molecule has 0 aromatic carbocycles. The van der Waals surface area contributed by atoms with Gasteiger partial charge in [-0.05, 0) is 6.42 Å². The second kappa shape index (κ2) is 5.64. The van der Waals surface area contributed by atoms with E-state index in [-0.39, 0.29) is 17.4 Å². The van der Waals surface area contributed by atoms with E-state index < -0.39 is 0 Å². The highest BCUT2D eigenvalue weighted by Gasteiger charge is 2.29. The molecule has 1 fully saturated rings. The van der Waals surface area contributed by atoms with Gasteiger partial charge in [-0.2, -0.15) is 0 Å². The van der Waals surface area contributed by atoms with E-state index in [1.54, 1.807) is 4.90 Å². The monoisotopic (exact) mass is 228 g/mol. The van der Waals surface area contributed by atoms with Crippen LogP contribution in [0, 0.1) is 5.41 Å². The van der Waals surface area contributed by atoms with Gasteiger partial charge in [-0.3, -0.25) is 4.79 Å². The number of nitrogens with one attached hydrogen (secondary N) is 1. The highest BCUT2D eigenvalue weighted by molar-refractivity contribution is 5.81. The van der Waals surface area contributed by atoms with E-state index >= 15 is 0 Å². The highest BCUT2D eigenvalue weighted by atomic mass is 16.5. The number of nitrogens with zero attached hydrogens (tertiary/aromatic N) is 1. The lowest BCUT2D eigenvalue weighted by Crippen LogP contribution is -2.48. The van der Waals surface area contributed by atoms with Gasteiger partial charge in [0, 0.05) is 32.1 Å². The van der Waals surface area contributed by atoms with Crippen LogP contribution in [0.4, 0.5) is 0 Å². The van der Waals surface area contributed by atoms with E-state index in [4.69, 9.17) is 4.74 Å². The third kappa shape index (κ3) is 3.46. The molecule has 1 N–H and O–H groups in total. The molecule has 1 amide bonds. The van der Waals surface area contributed by atoms with Gasteiger partial charge < -0.3 is 15.0 Å². The lowest BCUT2D eigenvalue weighted by molar-refractivity contribution is -0.141. The molecule has 1 atom stereocenters. The molecule has 0 aromatic rings. The number of ether oxygens (including phenoxy) is 1. The standard InChI is InChI=1S/C12H24N2O2/c1-5-12(2,3)11(15)14(4)9-10-8-13-6-7-16-10/h10,13H,5-9H2,1-4H3. The van der Waals surface area contributed by atoms with Crippen LogP contribution in [-0.2, 0) is 9.53 Å². The molecule has 4 heteroatoms. The van der Waals surface area contributed by atoms with Gasteiger partial charge in [0.05, 0.1) is 12.7 Å². The Kier molecular flexibility index (Phi) is 4.74. The number of amides is 1. The van der Waals surface area contributed by atoms with E-state index in [9.17, 15) is 4.79 Å². The predicted octanol–water partition coefficient (Wildman–Crippen LogP) is 0.869. The Morgan fingerprint density at radius 1 is 1.56 bits per heavy atom. The van der Waals surface area contributed by atoms with Crippen LogP contribution in [0.15, 0.2) is 0 Å². The Morgan fingerprint density at radius 3 is 2.75 bits per heavy atom. The number of carbonyl (C=O) groups is 1. The van der Waals surface area contributed by atoms with Crippen molar-refractivity contribution in [2.24, 2.45) is 5.41 Å². The number of rotatable bonds is 4. The molecule has 0 aromatic heterocycles. The van der Waals surface area contributed by atoms with Crippen LogP contribution in [0.1, 0.15) is 27.2 Å². The molecule has 16 heavy (non-hydrogen) atoms. The smallest absolute Gasteiger partial charge is 0.228 e. The van der Waals surface area contributed by atoms with Crippen LogP contribution < -0.4 is 5.32 Å². The number of carbonyl (C=O) groups excluding carboxylic acids is 1. The molecule has 0 radical (unpaired) electrons. The minimum Gasteiger partial charge on any atom is -0.374 e. The fourth-order valence-corrected chi connectivity index (χ4v) is 1.79. The maximum Gasteiger partial charge on any atom is 0.228 e. The fourth-order valence-electron chi connectivity index (χ4n) is 1.79. The topological polar surface area (TPSA) is 41.6 Å². The van der Waals surface area contributed by atoms with E-state index in [2.05, 4.69) is 5.32 Å². The summed E-state index contributed by atoms with van der Waals surface area (Å²) in [5, 5.41) is 3.27. The zero-order valence-electron chi connectivity index (χ0n) is 10.9. The first-order valence-electron chi connectivity index (χ1n) is 6.05. The molecule has 94 valence electrons. The van der Waals surface area contributed by atoms with Crippen LogP contribution >= 0.6 is 0 Å². The molecule has 1 heterocycles. The van der Waals surface area contributed by atoms with Crippen molar-refractivity contribution < 1.29 is 9.53 Å². The number of likely N-dealkylation sites (N-methyl/N-ethyl adjacent to an activating group) is 1. The maximum absolute atomic E-state index is 12.1. The summed E-state index contributed by atoms with van der Waals surface area (Å²) >= 11 is 0. The normalized spacial score (nSPS) is 21.9. The average molecular weight is 228 g/mol. The van der Waals surface area contributed by atoms with Crippen molar-refractivity contribution >= 4 is 5.91 Å². The molecule has 1 aliphatic heterocycles. The molecule has 4 nitrogen and oxygen atoms in total. The summed E-state index contributed by atoms with van der Waals surface area (Å²) in [6, 6.07) is 0. The molecule has 1 saturated heterocycles. The number of hydrogen-bond acceptors (Lipinski definition) is 3. The summed E-state index contributed by atoms with van der Waals surface area (Å²) in [7, 11) is 1.86. The molecule has 1 unspecified atom stereocenters. The Bertz CT molecular complexity index is 235. The summed E-state index contributed by atoms with van der Waals surface area (Å²) in [5.41, 5.74) is -0.267. The lowest BCUT2D eigenvalue weighted by atomic mass is 9.88. The minimum absolute atomic E-state index is 0.135. The van der Waals surface area contributed by atoms with Crippen LogP contribution in [0.25, 0.3) is 0 Å². The average Bonchev–Trinajstić information content (AvgIpc) is 2.29. The van der Waals surface area contributed by atoms with Crippen molar-refractivity contribution in [3.63, 3.8) is 0 Å². The Morgan fingerprint density at radius 2 is 2.25 bits per heavy atom. The van der Waals surface area contributed by atoms with Crippen LogP contribution in [-0.4, -0.2) is 50.2 Å². The van der Waals surface area contributed by atoms with Gasteiger partial charge in [0.1, 0.15) is 0 Å². The van der Waals surface area contributed by atoms with Gasteiger partial charge in [0.2, 0.25) is 5.91 Å². The second-order valence-electron chi connectivity index (χ2n) is 5.12. The summed E-state index contributed by atoms with van der Waals surface area (Å²) in [4.78, 5) is 13.9. The second-order valence-corrected chi connectivity index (χ2v) is 5.12. The molecule has 0 saturated carbocycles. The fraction of sp³-hybridized carbons (Fsp3) is 0.917.